The van der Waals surface area contributed by atoms with Crippen molar-refractivity contribution in [1.82, 2.24) is 20.3 Å². The van der Waals surface area contributed by atoms with Gasteiger partial charge >= 0.3 is 0 Å². The van der Waals surface area contributed by atoms with Crippen LogP contribution >= 0.6 is 0 Å². The Morgan fingerprint density at radius 1 is 1.00 bits per heavy atom. The molecule has 2 fully saturated rings. The molecule has 1 aliphatic heterocycles. The van der Waals surface area contributed by atoms with Crippen molar-refractivity contribution >= 4 is 21.8 Å². The van der Waals surface area contributed by atoms with Crippen LogP contribution in [-0.2, 0) is 10.8 Å². The van der Waals surface area contributed by atoms with Crippen LogP contribution in [0.4, 0.5) is 0 Å². The lowest BCUT2D eigenvalue weighted by Gasteiger charge is -2.24. The van der Waals surface area contributed by atoms with Gasteiger partial charge in [0.2, 0.25) is 0 Å². The molecule has 2 aromatic heterocycles. The number of nitrogens with one attached hydrogen (secondary N) is 2. The summed E-state index contributed by atoms with van der Waals surface area (Å²) in [6, 6.07) is 7.57. The smallest absolute Gasteiger partial charge is 0.138 e. The quantitative estimate of drug-likeness (QED) is 0.638. The Labute approximate surface area is 179 Å². The SMILES string of the molecule is O=S(c1ccncc1)c1cc2[nH]c(C3CCNCC3)nc2cc1OC1CCCCC1. The first kappa shape index (κ1) is 19.7. The zero-order valence-corrected chi connectivity index (χ0v) is 17.9. The van der Waals surface area contributed by atoms with Gasteiger partial charge in [-0.05, 0) is 69.8 Å². The second-order valence-electron chi connectivity index (χ2n) is 8.29. The molecule has 0 amide bonds. The number of aromatic nitrogens is 3. The average Bonchev–Trinajstić information content (AvgIpc) is 3.23. The van der Waals surface area contributed by atoms with Gasteiger partial charge < -0.3 is 15.0 Å². The fraction of sp³-hybridized carbons (Fsp3) is 0.478. The van der Waals surface area contributed by atoms with E-state index in [1.807, 2.05) is 12.1 Å². The Morgan fingerprint density at radius 3 is 2.53 bits per heavy atom. The van der Waals surface area contributed by atoms with E-state index in [9.17, 15) is 4.21 Å². The maximum absolute atomic E-state index is 13.4. The van der Waals surface area contributed by atoms with Crippen LogP contribution in [0.1, 0.15) is 56.7 Å². The van der Waals surface area contributed by atoms with Crippen LogP contribution in [0, 0.1) is 0 Å². The molecule has 1 saturated carbocycles. The number of piperidine rings is 1. The molecule has 1 saturated heterocycles. The van der Waals surface area contributed by atoms with E-state index >= 15 is 0 Å². The van der Waals surface area contributed by atoms with Gasteiger partial charge in [0.15, 0.2) is 0 Å². The second kappa shape index (κ2) is 8.86. The third-order valence-corrected chi connectivity index (χ3v) is 7.62. The number of nitrogens with zero attached hydrogens (tertiary/aromatic N) is 2. The van der Waals surface area contributed by atoms with Crippen molar-refractivity contribution in [3.05, 3.63) is 42.5 Å². The molecule has 5 rings (SSSR count). The number of H-pyrrole nitrogens is 1. The molecule has 7 heteroatoms. The zero-order chi connectivity index (χ0) is 20.3. The van der Waals surface area contributed by atoms with Gasteiger partial charge in [0, 0.05) is 29.3 Å². The lowest BCUT2D eigenvalue weighted by Crippen LogP contribution is -2.27. The van der Waals surface area contributed by atoms with Crippen LogP contribution in [-0.4, -0.2) is 38.4 Å². The summed E-state index contributed by atoms with van der Waals surface area (Å²) in [6.45, 7) is 2.05. The third-order valence-electron chi connectivity index (χ3n) is 6.20. The molecule has 0 spiro atoms. The van der Waals surface area contributed by atoms with Crippen molar-refractivity contribution in [2.45, 2.75) is 66.8 Å². The first-order valence-electron chi connectivity index (χ1n) is 11.0. The monoisotopic (exact) mass is 424 g/mol. The predicted octanol–water partition coefficient (Wildman–Crippen LogP) is 4.30. The minimum absolute atomic E-state index is 0.187. The van der Waals surface area contributed by atoms with E-state index < -0.39 is 10.8 Å². The molecule has 158 valence electrons. The summed E-state index contributed by atoms with van der Waals surface area (Å²) >= 11 is 0. The van der Waals surface area contributed by atoms with Gasteiger partial charge in [0.1, 0.15) is 11.6 Å². The van der Waals surface area contributed by atoms with Crippen LogP contribution in [0.5, 0.6) is 5.75 Å². The second-order valence-corrected chi connectivity index (χ2v) is 9.74. The molecule has 0 radical (unpaired) electrons. The Bertz CT molecular complexity index is 1020. The van der Waals surface area contributed by atoms with Gasteiger partial charge in [-0.3, -0.25) is 4.98 Å². The van der Waals surface area contributed by atoms with E-state index in [2.05, 4.69) is 15.3 Å². The van der Waals surface area contributed by atoms with Gasteiger partial charge in [0.25, 0.3) is 0 Å². The molecule has 1 aromatic carbocycles. The molecular weight excluding hydrogens is 396 g/mol. The van der Waals surface area contributed by atoms with E-state index in [1.165, 1.54) is 19.3 Å². The van der Waals surface area contributed by atoms with Crippen LogP contribution in [0.3, 0.4) is 0 Å². The molecule has 3 aromatic rings. The van der Waals surface area contributed by atoms with Gasteiger partial charge in [0.05, 0.1) is 32.8 Å². The number of ether oxygens (including phenoxy) is 1. The van der Waals surface area contributed by atoms with E-state index in [0.29, 0.717) is 16.6 Å². The van der Waals surface area contributed by atoms with Gasteiger partial charge in [-0.2, -0.15) is 0 Å². The standard InChI is InChI=1S/C23H28N4O2S/c28-30(18-8-12-25-13-9-18)22-15-20-19(14-21(22)29-17-4-2-1-3-5-17)26-23(27-20)16-6-10-24-11-7-16/h8-9,12-17,24H,1-7,10-11H2,(H,26,27). The summed E-state index contributed by atoms with van der Waals surface area (Å²) in [5.74, 6) is 2.17. The van der Waals surface area contributed by atoms with Crippen LogP contribution in [0.25, 0.3) is 11.0 Å². The van der Waals surface area contributed by atoms with Crippen LogP contribution in [0.2, 0.25) is 0 Å². The highest BCUT2D eigenvalue weighted by Crippen LogP contribution is 2.34. The molecule has 0 bridgehead atoms. The number of pyridine rings is 1. The number of aromatic amines is 1. The Hall–Kier alpha value is -2.25. The van der Waals surface area contributed by atoms with Crippen molar-refractivity contribution in [3.8, 4) is 5.75 Å². The lowest BCUT2D eigenvalue weighted by molar-refractivity contribution is 0.151. The van der Waals surface area contributed by atoms with E-state index in [1.54, 1.807) is 24.5 Å². The first-order chi connectivity index (χ1) is 14.8. The molecule has 6 nitrogen and oxygen atoms in total. The third kappa shape index (κ3) is 4.14. The van der Waals surface area contributed by atoms with Crippen molar-refractivity contribution < 1.29 is 8.95 Å². The van der Waals surface area contributed by atoms with E-state index in [4.69, 9.17) is 9.72 Å². The largest absolute Gasteiger partial charge is 0.489 e. The zero-order valence-electron chi connectivity index (χ0n) is 17.1. The topological polar surface area (TPSA) is 79.9 Å². The van der Waals surface area contributed by atoms with E-state index in [-0.39, 0.29) is 6.10 Å². The van der Waals surface area contributed by atoms with Crippen molar-refractivity contribution in [2.75, 3.05) is 13.1 Å². The lowest BCUT2D eigenvalue weighted by atomic mass is 9.98. The molecule has 2 N–H and O–H groups in total. The van der Waals surface area contributed by atoms with Crippen LogP contribution in [0.15, 0.2) is 46.5 Å². The van der Waals surface area contributed by atoms with Gasteiger partial charge in [-0.1, -0.05) is 6.42 Å². The maximum atomic E-state index is 13.4. The molecule has 30 heavy (non-hydrogen) atoms. The summed E-state index contributed by atoms with van der Waals surface area (Å²) in [5.41, 5.74) is 1.82. The number of benzene rings is 1. The normalized spacial score (nSPS) is 19.7. The molecule has 1 atom stereocenters. The van der Waals surface area contributed by atoms with Crippen molar-refractivity contribution in [3.63, 3.8) is 0 Å². The van der Waals surface area contributed by atoms with Gasteiger partial charge in [-0.15, -0.1) is 0 Å². The van der Waals surface area contributed by atoms with Crippen molar-refractivity contribution in [2.24, 2.45) is 0 Å². The number of hydrogen-bond acceptors (Lipinski definition) is 5. The summed E-state index contributed by atoms with van der Waals surface area (Å²) in [5, 5.41) is 3.41. The van der Waals surface area contributed by atoms with Crippen molar-refractivity contribution in [1.29, 1.82) is 0 Å². The molecule has 1 aliphatic carbocycles. The molecule has 1 unspecified atom stereocenters. The first-order valence-corrected chi connectivity index (χ1v) is 12.2. The summed E-state index contributed by atoms with van der Waals surface area (Å²) in [7, 11) is -1.34. The maximum Gasteiger partial charge on any atom is 0.138 e. The minimum atomic E-state index is -1.34. The molecular formula is C23H28N4O2S. The predicted molar refractivity (Wildman–Crippen MR) is 117 cm³/mol. The molecule has 3 heterocycles. The Balaban J connectivity index is 1.53. The Morgan fingerprint density at radius 2 is 1.77 bits per heavy atom. The van der Waals surface area contributed by atoms with Crippen LogP contribution < -0.4 is 10.1 Å². The highest BCUT2D eigenvalue weighted by atomic mass is 32.2. The number of rotatable bonds is 5. The number of hydrogen-bond donors (Lipinski definition) is 2. The van der Waals surface area contributed by atoms with Gasteiger partial charge in [-0.25, -0.2) is 9.19 Å². The summed E-state index contributed by atoms with van der Waals surface area (Å²) < 4.78 is 19.8. The highest BCUT2D eigenvalue weighted by Gasteiger charge is 2.23. The highest BCUT2D eigenvalue weighted by molar-refractivity contribution is 7.85. The number of fused-ring (bicyclic) bond motifs is 1. The number of imidazole rings is 1. The fourth-order valence-electron chi connectivity index (χ4n) is 4.51. The van der Waals surface area contributed by atoms with E-state index in [0.717, 1.165) is 60.5 Å². The average molecular weight is 425 g/mol. The summed E-state index contributed by atoms with van der Waals surface area (Å²) in [6.07, 6.45) is 11.5. The Kier molecular flexibility index (Phi) is 5.82. The summed E-state index contributed by atoms with van der Waals surface area (Å²) in [4.78, 5) is 13.9. The fourth-order valence-corrected chi connectivity index (χ4v) is 5.65. The minimum Gasteiger partial charge on any atom is -0.489 e. The molecule has 2 aliphatic rings.